The van der Waals surface area contributed by atoms with Gasteiger partial charge in [0.05, 0.1) is 24.6 Å². The maximum absolute atomic E-state index is 11.2. The van der Waals surface area contributed by atoms with Gasteiger partial charge in [0.1, 0.15) is 4.90 Å². The highest BCUT2D eigenvalue weighted by Gasteiger charge is 2.20. The van der Waals surface area contributed by atoms with Gasteiger partial charge in [-0.15, -0.1) is 0 Å². The molecule has 1 rings (SSSR count). The highest BCUT2D eigenvalue weighted by atomic mass is 35.7. The summed E-state index contributed by atoms with van der Waals surface area (Å²) in [5.74, 6) is 0. The zero-order chi connectivity index (χ0) is 12.3. The molecule has 1 aromatic rings. The maximum atomic E-state index is 11.2. The number of halogens is 1. The number of ether oxygens (including phenoxy) is 1. The predicted molar refractivity (Wildman–Crippen MR) is 60.8 cm³/mol. The highest BCUT2D eigenvalue weighted by Crippen LogP contribution is 2.20. The van der Waals surface area contributed by atoms with Gasteiger partial charge in [-0.3, -0.25) is 4.68 Å². The number of nitrogens with zero attached hydrogens (tertiary/aromatic N) is 2. The summed E-state index contributed by atoms with van der Waals surface area (Å²) >= 11 is 0. The molecule has 0 radical (unpaired) electrons. The van der Waals surface area contributed by atoms with E-state index in [1.165, 1.54) is 10.9 Å². The van der Waals surface area contributed by atoms with E-state index in [-0.39, 0.29) is 17.6 Å². The molecule has 1 heterocycles. The van der Waals surface area contributed by atoms with Crippen LogP contribution in [0, 0.1) is 0 Å². The standard InChI is InChI=1S/C9H15ClN2O3S/c1-4-7(2)15-6-8-9(16(10,13)14)5-11-12(8)3/h5,7H,4,6H2,1-3H3/t7-/m1/s1. The first-order valence-electron chi connectivity index (χ1n) is 4.93. The van der Waals surface area contributed by atoms with Crippen molar-refractivity contribution in [3.05, 3.63) is 11.9 Å². The number of hydrogen-bond acceptors (Lipinski definition) is 4. The summed E-state index contributed by atoms with van der Waals surface area (Å²) < 4.78 is 29.4. The van der Waals surface area contributed by atoms with Gasteiger partial charge in [0.25, 0.3) is 9.05 Å². The lowest BCUT2D eigenvalue weighted by atomic mass is 10.3. The van der Waals surface area contributed by atoms with E-state index in [0.717, 1.165) is 6.42 Å². The Morgan fingerprint density at radius 2 is 2.25 bits per heavy atom. The number of aromatic nitrogens is 2. The van der Waals surface area contributed by atoms with E-state index < -0.39 is 9.05 Å². The Bertz CT molecular complexity index is 455. The molecule has 92 valence electrons. The molecular formula is C9H15ClN2O3S. The number of aryl methyl sites for hydroxylation is 1. The minimum atomic E-state index is -3.76. The Balaban J connectivity index is 2.91. The fraction of sp³-hybridized carbons (Fsp3) is 0.667. The molecule has 1 atom stereocenters. The predicted octanol–water partition coefficient (Wildman–Crippen LogP) is 1.66. The zero-order valence-electron chi connectivity index (χ0n) is 9.47. The summed E-state index contributed by atoms with van der Waals surface area (Å²) in [6, 6.07) is 0. The van der Waals surface area contributed by atoms with Crippen molar-refractivity contribution in [2.45, 2.75) is 37.9 Å². The third-order valence-corrected chi connectivity index (χ3v) is 3.73. The Morgan fingerprint density at radius 1 is 1.62 bits per heavy atom. The van der Waals surface area contributed by atoms with Crippen molar-refractivity contribution in [1.29, 1.82) is 0 Å². The lowest BCUT2D eigenvalue weighted by Crippen LogP contribution is -2.10. The third kappa shape index (κ3) is 3.20. The van der Waals surface area contributed by atoms with Crippen LogP contribution in [0.3, 0.4) is 0 Å². The fourth-order valence-corrected chi connectivity index (χ4v) is 2.18. The van der Waals surface area contributed by atoms with Crippen LogP contribution in [0.2, 0.25) is 0 Å². The van der Waals surface area contributed by atoms with Gasteiger partial charge in [-0.1, -0.05) is 6.92 Å². The van der Waals surface area contributed by atoms with E-state index in [9.17, 15) is 8.42 Å². The second-order valence-electron chi connectivity index (χ2n) is 3.55. The van der Waals surface area contributed by atoms with Crippen LogP contribution in [-0.4, -0.2) is 24.3 Å². The van der Waals surface area contributed by atoms with Gasteiger partial charge in [0, 0.05) is 17.7 Å². The van der Waals surface area contributed by atoms with Crippen molar-refractivity contribution >= 4 is 19.7 Å². The Morgan fingerprint density at radius 3 is 2.75 bits per heavy atom. The third-order valence-electron chi connectivity index (χ3n) is 2.37. The Hall–Kier alpha value is -0.590. The molecule has 0 aliphatic heterocycles. The monoisotopic (exact) mass is 266 g/mol. The molecule has 16 heavy (non-hydrogen) atoms. The maximum Gasteiger partial charge on any atom is 0.264 e. The molecule has 0 spiro atoms. The van der Waals surface area contributed by atoms with Gasteiger partial charge in [-0.2, -0.15) is 5.10 Å². The second kappa shape index (κ2) is 5.16. The normalized spacial score (nSPS) is 14.0. The molecule has 1 aromatic heterocycles. The van der Waals surface area contributed by atoms with Gasteiger partial charge < -0.3 is 4.74 Å². The molecule has 0 amide bonds. The van der Waals surface area contributed by atoms with Gasteiger partial charge in [0.15, 0.2) is 0 Å². The summed E-state index contributed by atoms with van der Waals surface area (Å²) in [5.41, 5.74) is 0.468. The van der Waals surface area contributed by atoms with E-state index in [0.29, 0.717) is 5.69 Å². The molecular weight excluding hydrogens is 252 g/mol. The van der Waals surface area contributed by atoms with Crippen LogP contribution in [0.4, 0.5) is 0 Å². The molecule has 0 N–H and O–H groups in total. The van der Waals surface area contributed by atoms with E-state index >= 15 is 0 Å². The summed E-state index contributed by atoms with van der Waals surface area (Å²) in [7, 11) is 3.18. The lowest BCUT2D eigenvalue weighted by molar-refractivity contribution is 0.0458. The van der Waals surface area contributed by atoms with Crippen molar-refractivity contribution in [3.63, 3.8) is 0 Å². The first kappa shape index (κ1) is 13.5. The van der Waals surface area contributed by atoms with Crippen molar-refractivity contribution in [2.24, 2.45) is 7.05 Å². The van der Waals surface area contributed by atoms with Crippen LogP contribution in [-0.2, 0) is 27.4 Å². The van der Waals surface area contributed by atoms with Crippen molar-refractivity contribution in [3.8, 4) is 0 Å². The highest BCUT2D eigenvalue weighted by molar-refractivity contribution is 8.13. The molecule has 5 nitrogen and oxygen atoms in total. The van der Waals surface area contributed by atoms with Crippen LogP contribution in [0.25, 0.3) is 0 Å². The van der Waals surface area contributed by atoms with E-state index in [1.807, 2.05) is 13.8 Å². The van der Waals surface area contributed by atoms with E-state index in [4.69, 9.17) is 15.4 Å². The summed E-state index contributed by atoms with van der Waals surface area (Å²) in [6.07, 6.45) is 2.17. The van der Waals surface area contributed by atoms with Crippen LogP contribution in [0.1, 0.15) is 26.0 Å². The van der Waals surface area contributed by atoms with Gasteiger partial charge in [-0.25, -0.2) is 8.42 Å². The van der Waals surface area contributed by atoms with Crippen LogP contribution < -0.4 is 0 Å². The molecule has 0 bridgehead atoms. The smallest absolute Gasteiger partial charge is 0.264 e. The van der Waals surface area contributed by atoms with Crippen molar-refractivity contribution in [2.75, 3.05) is 0 Å². The minimum absolute atomic E-state index is 0.0139. The van der Waals surface area contributed by atoms with Gasteiger partial charge in [-0.05, 0) is 13.3 Å². The Kier molecular flexibility index (Phi) is 4.35. The van der Waals surface area contributed by atoms with Crippen molar-refractivity contribution < 1.29 is 13.2 Å². The van der Waals surface area contributed by atoms with E-state index in [1.54, 1.807) is 7.05 Å². The first-order chi connectivity index (χ1) is 7.36. The first-order valence-corrected chi connectivity index (χ1v) is 7.24. The SMILES string of the molecule is CC[C@@H](C)OCc1c(S(=O)(=O)Cl)cnn1C. The van der Waals surface area contributed by atoms with Crippen molar-refractivity contribution in [1.82, 2.24) is 9.78 Å². The molecule has 7 heteroatoms. The Labute approximate surface area is 99.8 Å². The molecule has 0 aromatic carbocycles. The summed E-state index contributed by atoms with van der Waals surface area (Å²) in [5, 5.41) is 3.86. The van der Waals surface area contributed by atoms with Crippen LogP contribution in [0.15, 0.2) is 11.1 Å². The summed E-state index contributed by atoms with van der Waals surface area (Å²) in [6.45, 7) is 4.10. The number of hydrogen-bond donors (Lipinski definition) is 0. The minimum Gasteiger partial charge on any atom is -0.372 e. The van der Waals surface area contributed by atoms with E-state index in [2.05, 4.69) is 5.10 Å². The van der Waals surface area contributed by atoms with Gasteiger partial charge >= 0.3 is 0 Å². The topological polar surface area (TPSA) is 61.2 Å². The molecule has 0 saturated carbocycles. The van der Waals surface area contributed by atoms with Crippen LogP contribution >= 0.6 is 10.7 Å². The number of rotatable bonds is 5. The van der Waals surface area contributed by atoms with Gasteiger partial charge in [0.2, 0.25) is 0 Å². The zero-order valence-corrected chi connectivity index (χ0v) is 11.0. The fourth-order valence-electron chi connectivity index (χ4n) is 1.15. The lowest BCUT2D eigenvalue weighted by Gasteiger charge is -2.11. The molecule has 0 saturated heterocycles. The molecule has 0 unspecified atom stereocenters. The largest absolute Gasteiger partial charge is 0.372 e. The molecule has 0 aliphatic rings. The average Bonchev–Trinajstić information content (AvgIpc) is 2.55. The second-order valence-corrected chi connectivity index (χ2v) is 6.08. The molecule has 0 aliphatic carbocycles. The average molecular weight is 267 g/mol. The molecule has 0 fully saturated rings. The summed E-state index contributed by atoms with van der Waals surface area (Å²) in [4.78, 5) is 0.0139. The quantitative estimate of drug-likeness (QED) is 0.761. The van der Waals surface area contributed by atoms with Crippen LogP contribution in [0.5, 0.6) is 0 Å².